The Balaban J connectivity index is 1.58. The number of nitrogens with zero attached hydrogens (tertiary/aromatic N) is 3. The molecule has 10 heteroatoms. The number of aryl methyl sites for hydroxylation is 1. The zero-order valence-electron chi connectivity index (χ0n) is 18.7. The summed E-state index contributed by atoms with van der Waals surface area (Å²) in [4.78, 5) is 1.12. The molecule has 2 heterocycles. The van der Waals surface area contributed by atoms with Gasteiger partial charge in [-0.25, -0.2) is 8.42 Å². The molecule has 0 spiro atoms. The third-order valence-corrected chi connectivity index (χ3v) is 9.20. The van der Waals surface area contributed by atoms with Crippen LogP contribution in [0.5, 0.6) is 0 Å². The maximum absolute atomic E-state index is 13.4. The summed E-state index contributed by atoms with van der Waals surface area (Å²) in [7, 11) is -3.66. The van der Waals surface area contributed by atoms with Gasteiger partial charge < -0.3 is 4.74 Å². The highest BCUT2D eigenvalue weighted by Crippen LogP contribution is 2.37. The lowest BCUT2D eigenvalue weighted by Crippen LogP contribution is -2.40. The second-order valence-corrected chi connectivity index (χ2v) is 11.9. The summed E-state index contributed by atoms with van der Waals surface area (Å²) in [6.07, 6.45) is 0. The average molecular weight is 547 g/mol. The Morgan fingerprint density at radius 1 is 0.914 bits per heavy atom. The fraction of sp³-hybridized carbons (Fsp3) is 0.200. The number of rotatable bonds is 5. The van der Waals surface area contributed by atoms with E-state index in [1.54, 1.807) is 19.1 Å². The fourth-order valence-electron chi connectivity index (χ4n) is 4.02. The van der Waals surface area contributed by atoms with Gasteiger partial charge in [-0.2, -0.15) is 4.31 Å². The number of morpholine rings is 1. The van der Waals surface area contributed by atoms with Crippen LogP contribution in [0.15, 0.2) is 75.5 Å². The van der Waals surface area contributed by atoms with Gasteiger partial charge in [-0.1, -0.05) is 71.4 Å². The SMILES string of the molecule is Cc1ccc(-c2nnc(Sc3cc(Cl)cc(Cl)c3)c3ccccc23)cc1S(=O)(=O)N1CCOCC1. The normalized spacial score (nSPS) is 14.9. The van der Waals surface area contributed by atoms with E-state index >= 15 is 0 Å². The number of sulfonamides is 1. The van der Waals surface area contributed by atoms with E-state index in [9.17, 15) is 8.42 Å². The van der Waals surface area contributed by atoms with Crippen LogP contribution in [0.4, 0.5) is 0 Å². The van der Waals surface area contributed by atoms with Crippen LogP contribution >= 0.6 is 35.0 Å². The first-order valence-corrected chi connectivity index (χ1v) is 13.9. The Labute approximate surface area is 218 Å². The Hall–Kier alpha value is -2.20. The lowest BCUT2D eigenvalue weighted by molar-refractivity contribution is 0.0730. The highest BCUT2D eigenvalue weighted by molar-refractivity contribution is 7.99. The van der Waals surface area contributed by atoms with Gasteiger partial charge in [0.1, 0.15) is 10.7 Å². The van der Waals surface area contributed by atoms with Crippen LogP contribution in [0, 0.1) is 6.92 Å². The quantitative estimate of drug-likeness (QED) is 0.302. The summed E-state index contributed by atoms with van der Waals surface area (Å²) < 4.78 is 33.6. The van der Waals surface area contributed by atoms with Crippen LogP contribution in [-0.4, -0.2) is 49.2 Å². The standard InChI is InChI=1S/C25H21Cl2N3O3S2/c1-16-6-7-17(12-23(16)35(31,32)30-8-10-33-11-9-30)24-21-4-2-3-5-22(21)25(29-28-24)34-20-14-18(26)13-19(27)15-20/h2-7,12-15H,8-11H2,1H3. The fourth-order valence-corrected chi connectivity index (χ4v) is 7.30. The highest BCUT2D eigenvalue weighted by atomic mass is 35.5. The highest BCUT2D eigenvalue weighted by Gasteiger charge is 2.28. The molecule has 6 nitrogen and oxygen atoms in total. The second kappa shape index (κ2) is 10.0. The first kappa shape index (κ1) is 24.5. The van der Waals surface area contributed by atoms with Crippen LogP contribution in [-0.2, 0) is 14.8 Å². The van der Waals surface area contributed by atoms with Crippen LogP contribution in [0.2, 0.25) is 10.0 Å². The molecule has 0 atom stereocenters. The third kappa shape index (κ3) is 5.05. The lowest BCUT2D eigenvalue weighted by Gasteiger charge is -2.26. The Morgan fingerprint density at radius 3 is 2.31 bits per heavy atom. The number of halogens is 2. The summed E-state index contributed by atoms with van der Waals surface area (Å²) >= 11 is 13.8. The van der Waals surface area contributed by atoms with Crippen molar-refractivity contribution >= 4 is 55.8 Å². The Kier molecular flexibility index (Phi) is 7.03. The van der Waals surface area contributed by atoms with E-state index in [4.69, 9.17) is 27.9 Å². The molecule has 1 aromatic heterocycles. The maximum Gasteiger partial charge on any atom is 0.243 e. The van der Waals surface area contributed by atoms with Crippen LogP contribution in [0.3, 0.4) is 0 Å². The zero-order chi connectivity index (χ0) is 24.6. The van der Waals surface area contributed by atoms with E-state index in [0.717, 1.165) is 15.7 Å². The van der Waals surface area contributed by atoms with Crippen LogP contribution in [0.25, 0.3) is 22.0 Å². The van der Waals surface area contributed by atoms with Gasteiger partial charge in [0.25, 0.3) is 0 Å². The minimum Gasteiger partial charge on any atom is -0.379 e. The predicted octanol–water partition coefficient (Wildman–Crippen LogP) is 6.08. The molecule has 3 aromatic carbocycles. The molecule has 5 rings (SSSR count). The molecule has 180 valence electrons. The number of hydrogen-bond acceptors (Lipinski definition) is 6. The van der Waals surface area contributed by atoms with Gasteiger partial charge in [-0.05, 0) is 36.8 Å². The van der Waals surface area contributed by atoms with E-state index in [-0.39, 0.29) is 4.90 Å². The number of benzene rings is 3. The topological polar surface area (TPSA) is 72.4 Å². The molecule has 0 bridgehead atoms. The maximum atomic E-state index is 13.4. The van der Waals surface area contributed by atoms with Crippen LogP contribution in [0.1, 0.15) is 5.56 Å². The van der Waals surface area contributed by atoms with Crippen molar-refractivity contribution in [1.29, 1.82) is 0 Å². The van der Waals surface area contributed by atoms with Gasteiger partial charge in [0.15, 0.2) is 0 Å². The molecule has 1 aliphatic heterocycles. The third-order valence-electron chi connectivity index (χ3n) is 5.75. The van der Waals surface area contributed by atoms with Gasteiger partial charge >= 0.3 is 0 Å². The van der Waals surface area contributed by atoms with Crippen molar-refractivity contribution in [2.24, 2.45) is 0 Å². The molecule has 1 aliphatic rings. The molecule has 0 amide bonds. The molecule has 0 saturated carbocycles. The lowest BCUT2D eigenvalue weighted by atomic mass is 10.0. The zero-order valence-corrected chi connectivity index (χ0v) is 21.9. The van der Waals surface area contributed by atoms with E-state index in [1.807, 2.05) is 48.5 Å². The first-order chi connectivity index (χ1) is 16.8. The van der Waals surface area contributed by atoms with Gasteiger partial charge in [-0.15, -0.1) is 10.2 Å². The van der Waals surface area contributed by atoms with Crippen LogP contribution < -0.4 is 0 Å². The Morgan fingerprint density at radius 2 is 1.60 bits per heavy atom. The molecule has 0 radical (unpaired) electrons. The molecule has 0 unspecified atom stereocenters. The molecular weight excluding hydrogens is 525 g/mol. The minimum atomic E-state index is -3.66. The minimum absolute atomic E-state index is 0.273. The van der Waals surface area contributed by atoms with Gasteiger partial charge in [0.2, 0.25) is 10.0 Å². The molecule has 0 aliphatic carbocycles. The molecule has 0 N–H and O–H groups in total. The van der Waals surface area contributed by atoms with E-state index in [0.29, 0.717) is 58.2 Å². The summed E-state index contributed by atoms with van der Waals surface area (Å²) in [5.74, 6) is 0. The van der Waals surface area contributed by atoms with Crippen molar-refractivity contribution in [2.75, 3.05) is 26.3 Å². The predicted molar refractivity (Wildman–Crippen MR) is 140 cm³/mol. The van der Waals surface area contributed by atoms with Crippen molar-refractivity contribution in [3.05, 3.63) is 76.3 Å². The smallest absolute Gasteiger partial charge is 0.243 e. The summed E-state index contributed by atoms with van der Waals surface area (Å²) in [6.45, 7) is 3.27. The van der Waals surface area contributed by atoms with Gasteiger partial charge in [0.05, 0.1) is 18.1 Å². The van der Waals surface area contributed by atoms with Gasteiger partial charge in [0, 0.05) is 44.4 Å². The van der Waals surface area contributed by atoms with Crippen molar-refractivity contribution in [3.63, 3.8) is 0 Å². The monoisotopic (exact) mass is 545 g/mol. The summed E-state index contributed by atoms with van der Waals surface area (Å²) in [6, 6.07) is 18.5. The largest absolute Gasteiger partial charge is 0.379 e. The first-order valence-electron chi connectivity index (χ1n) is 10.9. The summed E-state index contributed by atoms with van der Waals surface area (Å²) in [5.41, 5.74) is 1.99. The van der Waals surface area contributed by atoms with E-state index in [2.05, 4.69) is 10.2 Å². The second-order valence-electron chi connectivity index (χ2n) is 8.10. The van der Waals surface area contributed by atoms with Crippen molar-refractivity contribution < 1.29 is 13.2 Å². The number of hydrogen-bond donors (Lipinski definition) is 0. The van der Waals surface area contributed by atoms with Gasteiger partial charge in [-0.3, -0.25) is 0 Å². The van der Waals surface area contributed by atoms with Crippen molar-refractivity contribution in [2.45, 2.75) is 21.7 Å². The van der Waals surface area contributed by atoms with E-state index in [1.165, 1.54) is 16.1 Å². The number of aromatic nitrogens is 2. The molecule has 35 heavy (non-hydrogen) atoms. The van der Waals surface area contributed by atoms with Crippen molar-refractivity contribution in [3.8, 4) is 11.3 Å². The number of ether oxygens (including phenoxy) is 1. The number of fused-ring (bicyclic) bond motifs is 1. The molecule has 1 saturated heterocycles. The van der Waals surface area contributed by atoms with E-state index < -0.39 is 10.0 Å². The molecular formula is C25H21Cl2N3O3S2. The molecule has 1 fully saturated rings. The Bertz CT molecular complexity index is 1500. The average Bonchev–Trinajstić information content (AvgIpc) is 2.84. The van der Waals surface area contributed by atoms with Crippen molar-refractivity contribution in [1.82, 2.24) is 14.5 Å². The summed E-state index contributed by atoms with van der Waals surface area (Å²) in [5, 5.41) is 12.6. The molecule has 4 aromatic rings.